The minimum absolute atomic E-state index is 0.0441. The highest BCUT2D eigenvalue weighted by Gasteiger charge is 2.57. The van der Waals surface area contributed by atoms with E-state index in [-0.39, 0.29) is 25.5 Å². The molecule has 0 saturated carbocycles. The highest BCUT2D eigenvalue weighted by Crippen LogP contribution is 2.34. The van der Waals surface area contributed by atoms with Crippen LogP contribution in [0.4, 0.5) is 0 Å². The summed E-state index contributed by atoms with van der Waals surface area (Å²) in [6.07, 6.45) is 1.27. The number of β-lactam (4-membered cyclic amide) rings is 1. The number of benzene rings is 1. The van der Waals surface area contributed by atoms with Crippen molar-refractivity contribution in [2.45, 2.75) is 43.6 Å². The molecule has 15 nitrogen and oxygen atoms in total. The summed E-state index contributed by atoms with van der Waals surface area (Å²) in [5.41, 5.74) is 11.4. The van der Waals surface area contributed by atoms with E-state index in [1.165, 1.54) is 18.9 Å². The highest BCUT2D eigenvalue weighted by molar-refractivity contribution is 8.02. The Balaban J connectivity index is 1.36. The molecule has 3 heterocycles. The average molecular weight is 612 g/mol. The minimum Gasteiger partial charge on any atom is -0.490 e. The molecule has 1 aromatic carbocycles. The van der Waals surface area contributed by atoms with E-state index in [1.54, 1.807) is 19.3 Å². The van der Waals surface area contributed by atoms with Crippen molar-refractivity contribution >= 4 is 52.5 Å². The lowest BCUT2D eigenvalue weighted by atomic mass is 9.84. The largest absolute Gasteiger partial charge is 0.490 e. The molecule has 3 atom stereocenters. The zero-order valence-electron chi connectivity index (χ0n) is 23.1. The number of thioether (sulfide) groups is 1. The Labute approximate surface area is 245 Å². The van der Waals surface area contributed by atoms with Crippen molar-refractivity contribution in [2.75, 3.05) is 26.9 Å². The van der Waals surface area contributed by atoms with Gasteiger partial charge in [0.1, 0.15) is 35.5 Å². The molecule has 41 heavy (non-hydrogen) atoms. The summed E-state index contributed by atoms with van der Waals surface area (Å²) in [7, 11) is 3.31. The van der Waals surface area contributed by atoms with Crippen LogP contribution in [0.1, 0.15) is 13.8 Å². The Morgan fingerprint density at radius 1 is 1.39 bits per heavy atom. The summed E-state index contributed by atoms with van der Waals surface area (Å²) < 4.78 is 19.6. The van der Waals surface area contributed by atoms with Crippen molar-refractivity contribution in [3.8, 4) is 5.75 Å². The number of hydrogen-bond donors (Lipinski definition) is 5. The number of amides is 2. The fraction of sp³-hybridized carbons (Fsp3) is 0.500. The third-order valence-corrected chi connectivity index (χ3v) is 7.64. The number of fused-ring (bicyclic) bond motifs is 1. The standard InChI is InChI=1S/C24H34N8O7S2/c1-24(2)20(22(35)32(24)39-41-36-4)28-21(34)19(17-13-40-23(26)27-17)29-38-8-7-37-16-5-6-18-14(9-16)11-31(30(18)3)12-15(33)10-25/h5-6,9,11,13,15,20,23,27,33H,7-8,10,12,25-26H2,1-4H3/p+1/b29-19-/t15?,20-,23?/m1/s1. The number of aryl methyl sites for hydroxylation is 1. The predicted octanol–water partition coefficient (Wildman–Crippen LogP) is -0.796. The van der Waals surface area contributed by atoms with Crippen LogP contribution in [-0.4, -0.2) is 82.4 Å². The number of oxime groups is 1. The molecule has 17 heteroatoms. The van der Waals surface area contributed by atoms with Gasteiger partial charge in [0.25, 0.3) is 11.8 Å². The van der Waals surface area contributed by atoms with Crippen LogP contribution in [0.2, 0.25) is 0 Å². The van der Waals surface area contributed by atoms with Gasteiger partial charge in [-0.15, -0.1) is 4.68 Å². The fourth-order valence-corrected chi connectivity index (χ4v) is 5.31. The smallest absolute Gasteiger partial charge is 0.276 e. The van der Waals surface area contributed by atoms with Crippen molar-refractivity contribution in [1.29, 1.82) is 0 Å². The molecule has 1 aromatic heterocycles. The SMILES string of the molecule is COSON1C(=O)[C@@H](NC(=O)/C(=N\OCCOc2ccc3c(c2)c[n+](CC(O)CN)n3C)C2=CSC(N)N2)C1(C)C. The summed E-state index contributed by atoms with van der Waals surface area (Å²) in [5, 5.41) is 23.3. The molecule has 1 fully saturated rings. The van der Waals surface area contributed by atoms with Crippen LogP contribution < -0.4 is 31.5 Å². The van der Waals surface area contributed by atoms with Crippen LogP contribution in [0, 0.1) is 0 Å². The number of hydroxylamine groups is 2. The van der Waals surface area contributed by atoms with E-state index in [0.717, 1.165) is 16.0 Å². The maximum Gasteiger partial charge on any atom is 0.276 e. The van der Waals surface area contributed by atoms with Gasteiger partial charge in [-0.1, -0.05) is 16.9 Å². The first-order valence-electron chi connectivity index (χ1n) is 12.7. The van der Waals surface area contributed by atoms with Crippen molar-refractivity contribution in [1.82, 2.24) is 20.4 Å². The number of carbonyl (C=O) groups is 2. The lowest BCUT2D eigenvalue weighted by molar-refractivity contribution is -0.775. The van der Waals surface area contributed by atoms with Crippen LogP contribution in [0.5, 0.6) is 5.75 Å². The Hall–Kier alpha value is -3.06. The van der Waals surface area contributed by atoms with Crippen molar-refractivity contribution < 1.29 is 37.4 Å². The molecule has 2 unspecified atom stereocenters. The van der Waals surface area contributed by atoms with Gasteiger partial charge in [-0.3, -0.25) is 13.8 Å². The molecule has 224 valence electrons. The number of carbonyl (C=O) groups excluding carboxylic acids is 2. The van der Waals surface area contributed by atoms with E-state index < -0.39 is 35.0 Å². The molecule has 0 spiro atoms. The number of ether oxygens (including phenoxy) is 1. The third kappa shape index (κ3) is 6.88. The molecule has 0 radical (unpaired) electrons. The van der Waals surface area contributed by atoms with Gasteiger partial charge in [0.2, 0.25) is 6.20 Å². The van der Waals surface area contributed by atoms with Gasteiger partial charge in [0.05, 0.1) is 30.8 Å². The number of nitrogens with zero attached hydrogens (tertiary/aromatic N) is 4. The van der Waals surface area contributed by atoms with Crippen LogP contribution in [0.25, 0.3) is 10.9 Å². The number of hydrogen-bond acceptors (Lipinski definition) is 13. The molecule has 1 saturated heterocycles. The van der Waals surface area contributed by atoms with Gasteiger partial charge in [-0.2, -0.15) is 14.0 Å². The van der Waals surface area contributed by atoms with Crippen LogP contribution in [-0.2, 0) is 36.5 Å². The number of rotatable bonds is 14. The van der Waals surface area contributed by atoms with E-state index in [2.05, 4.69) is 15.8 Å². The monoisotopic (exact) mass is 611 g/mol. The van der Waals surface area contributed by atoms with Gasteiger partial charge >= 0.3 is 0 Å². The molecule has 2 aromatic rings. The molecule has 0 bridgehead atoms. The summed E-state index contributed by atoms with van der Waals surface area (Å²) in [6, 6.07) is 4.77. The maximum atomic E-state index is 13.2. The molecule has 2 amide bonds. The molecule has 7 N–H and O–H groups in total. The highest BCUT2D eigenvalue weighted by atomic mass is 32.2. The summed E-state index contributed by atoms with van der Waals surface area (Å²) >= 11 is 1.93. The Bertz CT molecular complexity index is 1330. The Morgan fingerprint density at radius 2 is 2.17 bits per heavy atom. The van der Waals surface area contributed by atoms with Gasteiger partial charge in [0, 0.05) is 12.0 Å². The van der Waals surface area contributed by atoms with Gasteiger partial charge in [0.15, 0.2) is 31.2 Å². The zero-order chi connectivity index (χ0) is 29.7. The number of aromatic nitrogens is 2. The third-order valence-electron chi connectivity index (χ3n) is 6.52. The second-order valence-electron chi connectivity index (χ2n) is 9.74. The van der Waals surface area contributed by atoms with E-state index in [4.69, 9.17) is 29.5 Å². The number of aliphatic hydroxyl groups excluding tert-OH is 1. The molecule has 2 aliphatic heterocycles. The molecule has 4 rings (SSSR count). The summed E-state index contributed by atoms with van der Waals surface area (Å²) in [5.74, 6) is -0.434. The molecule has 0 aliphatic carbocycles. The first-order valence-corrected chi connectivity index (χ1v) is 14.3. The first-order chi connectivity index (χ1) is 19.6. The van der Waals surface area contributed by atoms with Gasteiger partial charge in [-0.25, -0.2) is 0 Å². The maximum absolute atomic E-state index is 13.2. The Kier molecular flexibility index (Phi) is 10.0. The molecule has 2 aliphatic rings. The van der Waals surface area contributed by atoms with E-state index >= 15 is 0 Å². The number of nitrogens with one attached hydrogen (secondary N) is 2. The number of aliphatic hydroxyl groups is 1. The van der Waals surface area contributed by atoms with E-state index in [0.29, 0.717) is 30.3 Å². The lowest BCUT2D eigenvalue weighted by Gasteiger charge is -2.50. The van der Waals surface area contributed by atoms with Gasteiger partial charge in [-0.05, 0) is 32.0 Å². The second-order valence-corrected chi connectivity index (χ2v) is 11.4. The zero-order valence-corrected chi connectivity index (χ0v) is 24.7. The average Bonchev–Trinajstić information content (AvgIpc) is 3.51. The quantitative estimate of drug-likeness (QED) is 0.0447. The normalized spacial score (nSPS) is 20.9. The summed E-state index contributed by atoms with van der Waals surface area (Å²) in [6.45, 7) is 4.24. The van der Waals surface area contributed by atoms with Crippen molar-refractivity contribution in [3.05, 3.63) is 35.5 Å². The summed E-state index contributed by atoms with van der Waals surface area (Å²) in [4.78, 5) is 31.2. The Morgan fingerprint density at radius 3 is 2.83 bits per heavy atom. The van der Waals surface area contributed by atoms with Crippen molar-refractivity contribution in [2.24, 2.45) is 23.7 Å². The molecular weight excluding hydrogens is 576 g/mol. The van der Waals surface area contributed by atoms with Crippen LogP contribution in [0.15, 0.2) is 40.7 Å². The predicted molar refractivity (Wildman–Crippen MR) is 152 cm³/mol. The minimum atomic E-state index is -0.852. The second kappa shape index (κ2) is 13.3. The first kappa shape index (κ1) is 30.9. The number of nitrogens with two attached hydrogens (primary N) is 2. The van der Waals surface area contributed by atoms with Crippen LogP contribution >= 0.6 is 24.1 Å². The fourth-order valence-electron chi connectivity index (χ4n) is 4.26. The van der Waals surface area contributed by atoms with Gasteiger partial charge < -0.3 is 36.8 Å². The molecular formula is C24H35N8O7S2+. The van der Waals surface area contributed by atoms with E-state index in [9.17, 15) is 14.7 Å². The topological polar surface area (TPSA) is 192 Å². The van der Waals surface area contributed by atoms with Crippen molar-refractivity contribution in [3.63, 3.8) is 0 Å². The van der Waals surface area contributed by atoms with E-state index in [1.807, 2.05) is 40.8 Å². The van der Waals surface area contributed by atoms with Crippen LogP contribution in [0.3, 0.4) is 0 Å². The lowest BCUT2D eigenvalue weighted by Crippen LogP contribution is -2.76.